The number of para-hydroxylation sites is 1. The molecule has 1 aliphatic rings. The van der Waals surface area contributed by atoms with E-state index in [-0.39, 0.29) is 0 Å². The molecule has 108 valence electrons. The molecule has 0 radical (unpaired) electrons. The number of hydrogen-bond donors (Lipinski definition) is 1. The highest BCUT2D eigenvalue weighted by Gasteiger charge is 2.28. The lowest BCUT2D eigenvalue weighted by atomic mass is 10.0. The van der Waals surface area contributed by atoms with Gasteiger partial charge in [0, 0.05) is 33.8 Å². The first kappa shape index (κ1) is 12.4. The van der Waals surface area contributed by atoms with Crippen molar-refractivity contribution in [3.05, 3.63) is 89.7 Å². The second kappa shape index (κ2) is 4.68. The molecule has 0 saturated heterocycles. The van der Waals surface area contributed by atoms with E-state index < -0.39 is 0 Å². The molecule has 2 heteroatoms. The van der Waals surface area contributed by atoms with Crippen LogP contribution in [-0.4, -0.2) is 9.97 Å². The molecular weight excluding hydrogens is 280 g/mol. The lowest BCUT2D eigenvalue weighted by Crippen LogP contribution is -1.87. The molecule has 0 saturated carbocycles. The van der Waals surface area contributed by atoms with Crippen LogP contribution in [-0.2, 0) is 0 Å². The van der Waals surface area contributed by atoms with Gasteiger partial charge in [-0.3, -0.25) is 4.98 Å². The van der Waals surface area contributed by atoms with E-state index in [2.05, 4.69) is 70.6 Å². The molecule has 1 aliphatic carbocycles. The maximum absolute atomic E-state index is 4.64. The van der Waals surface area contributed by atoms with E-state index in [1.54, 1.807) is 0 Å². The molecule has 0 fully saturated rings. The van der Waals surface area contributed by atoms with Gasteiger partial charge in [0.05, 0.1) is 11.4 Å². The summed E-state index contributed by atoms with van der Waals surface area (Å²) in [6, 6.07) is 23.0. The molecule has 5 rings (SSSR count). The van der Waals surface area contributed by atoms with Gasteiger partial charge < -0.3 is 4.98 Å². The average Bonchev–Trinajstić information content (AvgIpc) is 3.12. The average molecular weight is 294 g/mol. The first-order valence-corrected chi connectivity index (χ1v) is 7.75. The third kappa shape index (κ3) is 1.78. The minimum atomic E-state index is 1.06. The Morgan fingerprint density at radius 3 is 2.57 bits per heavy atom. The van der Waals surface area contributed by atoms with Crippen LogP contribution in [0.2, 0.25) is 0 Å². The number of aromatic nitrogens is 2. The van der Waals surface area contributed by atoms with Crippen molar-refractivity contribution < 1.29 is 0 Å². The number of nitrogens with zero attached hydrogens (tertiary/aromatic N) is 1. The number of aromatic amines is 1. The monoisotopic (exact) mass is 294 g/mol. The molecule has 0 unspecified atom stereocenters. The SMILES string of the molecule is C(=C1/c2ncccc2-c2[nH]c3ccccc3c21)/c1ccccc1. The lowest BCUT2D eigenvalue weighted by Gasteiger charge is -2.03. The maximum Gasteiger partial charge on any atom is 0.0802 e. The van der Waals surface area contributed by atoms with Gasteiger partial charge in [0.15, 0.2) is 0 Å². The Kier molecular flexibility index (Phi) is 2.53. The largest absolute Gasteiger partial charge is 0.354 e. The van der Waals surface area contributed by atoms with E-state index in [0.29, 0.717) is 0 Å². The van der Waals surface area contributed by atoms with Gasteiger partial charge in [0.25, 0.3) is 0 Å². The summed E-state index contributed by atoms with van der Waals surface area (Å²) in [6.45, 7) is 0. The molecule has 4 aromatic rings. The van der Waals surface area contributed by atoms with Crippen molar-refractivity contribution in [2.45, 2.75) is 0 Å². The van der Waals surface area contributed by atoms with Crippen molar-refractivity contribution in [1.82, 2.24) is 9.97 Å². The topological polar surface area (TPSA) is 28.7 Å². The lowest BCUT2D eigenvalue weighted by molar-refractivity contribution is 1.29. The fourth-order valence-corrected chi connectivity index (χ4v) is 3.42. The third-order valence-electron chi connectivity index (χ3n) is 4.42. The van der Waals surface area contributed by atoms with Crippen LogP contribution in [0.3, 0.4) is 0 Å². The molecule has 0 amide bonds. The van der Waals surface area contributed by atoms with Gasteiger partial charge in [-0.2, -0.15) is 0 Å². The van der Waals surface area contributed by atoms with E-state index >= 15 is 0 Å². The smallest absolute Gasteiger partial charge is 0.0802 e. The van der Waals surface area contributed by atoms with E-state index in [1.807, 2.05) is 18.3 Å². The van der Waals surface area contributed by atoms with Crippen LogP contribution in [0.25, 0.3) is 33.8 Å². The Morgan fingerprint density at radius 1 is 0.826 bits per heavy atom. The van der Waals surface area contributed by atoms with Crippen molar-refractivity contribution in [3.8, 4) is 11.3 Å². The number of H-pyrrole nitrogens is 1. The summed E-state index contributed by atoms with van der Waals surface area (Å²) in [5.41, 5.74) is 8.24. The zero-order valence-electron chi connectivity index (χ0n) is 12.5. The van der Waals surface area contributed by atoms with Gasteiger partial charge in [-0.15, -0.1) is 0 Å². The molecule has 23 heavy (non-hydrogen) atoms. The zero-order chi connectivity index (χ0) is 15.2. The van der Waals surface area contributed by atoms with Gasteiger partial charge in [-0.05, 0) is 29.8 Å². The number of rotatable bonds is 1. The number of hydrogen-bond acceptors (Lipinski definition) is 1. The van der Waals surface area contributed by atoms with Gasteiger partial charge >= 0.3 is 0 Å². The molecule has 1 N–H and O–H groups in total. The molecular formula is C21H14N2. The number of pyridine rings is 1. The van der Waals surface area contributed by atoms with Gasteiger partial charge in [-0.1, -0.05) is 48.5 Å². The summed E-state index contributed by atoms with van der Waals surface area (Å²) in [5, 5.41) is 1.25. The highest BCUT2D eigenvalue weighted by Crippen LogP contribution is 2.46. The summed E-state index contributed by atoms with van der Waals surface area (Å²) in [7, 11) is 0. The van der Waals surface area contributed by atoms with Gasteiger partial charge in [0.2, 0.25) is 0 Å². The van der Waals surface area contributed by atoms with Crippen molar-refractivity contribution >= 4 is 22.6 Å². The molecule has 2 heterocycles. The summed E-state index contributed by atoms with van der Waals surface area (Å²) in [5.74, 6) is 0. The predicted octanol–water partition coefficient (Wildman–Crippen LogP) is 5.13. The third-order valence-corrected chi connectivity index (χ3v) is 4.42. The summed E-state index contributed by atoms with van der Waals surface area (Å²) < 4.78 is 0. The van der Waals surface area contributed by atoms with E-state index in [4.69, 9.17) is 0 Å². The second-order valence-electron chi connectivity index (χ2n) is 5.79. The second-order valence-corrected chi connectivity index (χ2v) is 5.79. The van der Waals surface area contributed by atoms with Crippen LogP contribution >= 0.6 is 0 Å². The summed E-state index contributed by atoms with van der Waals surface area (Å²) in [4.78, 5) is 8.21. The fraction of sp³-hybridized carbons (Fsp3) is 0. The van der Waals surface area contributed by atoms with E-state index in [9.17, 15) is 0 Å². The van der Waals surface area contributed by atoms with Crippen LogP contribution in [0, 0.1) is 0 Å². The minimum absolute atomic E-state index is 1.06. The number of benzene rings is 2. The molecule has 0 atom stereocenters. The highest BCUT2D eigenvalue weighted by molar-refractivity contribution is 6.13. The minimum Gasteiger partial charge on any atom is -0.354 e. The Bertz CT molecular complexity index is 1060. The number of nitrogens with one attached hydrogen (secondary N) is 1. The van der Waals surface area contributed by atoms with Crippen LogP contribution in [0.4, 0.5) is 0 Å². The Hall–Kier alpha value is -3.13. The van der Waals surface area contributed by atoms with E-state index in [1.165, 1.54) is 38.9 Å². The maximum atomic E-state index is 4.64. The van der Waals surface area contributed by atoms with Crippen LogP contribution < -0.4 is 0 Å². The van der Waals surface area contributed by atoms with Gasteiger partial charge in [-0.25, -0.2) is 0 Å². The van der Waals surface area contributed by atoms with Crippen molar-refractivity contribution in [2.75, 3.05) is 0 Å². The van der Waals surface area contributed by atoms with Crippen molar-refractivity contribution in [3.63, 3.8) is 0 Å². The molecule has 2 nitrogen and oxygen atoms in total. The Balaban J connectivity index is 1.87. The molecule has 2 aromatic carbocycles. The van der Waals surface area contributed by atoms with Crippen molar-refractivity contribution in [2.24, 2.45) is 0 Å². The van der Waals surface area contributed by atoms with Crippen LogP contribution in [0.1, 0.15) is 16.8 Å². The van der Waals surface area contributed by atoms with Crippen LogP contribution in [0.15, 0.2) is 72.9 Å². The van der Waals surface area contributed by atoms with Crippen molar-refractivity contribution in [1.29, 1.82) is 0 Å². The Labute approximate surface area is 134 Å². The normalized spacial score (nSPS) is 14.2. The summed E-state index contributed by atoms with van der Waals surface area (Å²) in [6.07, 6.45) is 4.10. The predicted molar refractivity (Wildman–Crippen MR) is 94.9 cm³/mol. The zero-order valence-corrected chi connectivity index (χ0v) is 12.5. The first-order valence-electron chi connectivity index (χ1n) is 7.75. The van der Waals surface area contributed by atoms with Crippen LogP contribution in [0.5, 0.6) is 0 Å². The standard InChI is InChI=1S/C21H14N2/c1-2-7-14(8-3-1)13-17-19-15-9-4-5-11-18(15)23-21(19)16-10-6-12-22-20(16)17/h1-13,23H/b17-13-. The van der Waals surface area contributed by atoms with Gasteiger partial charge in [0.1, 0.15) is 0 Å². The molecule has 2 aromatic heterocycles. The first-order chi connectivity index (χ1) is 11.4. The quantitative estimate of drug-likeness (QED) is 0.456. The molecule has 0 bridgehead atoms. The molecule has 0 spiro atoms. The fourth-order valence-electron chi connectivity index (χ4n) is 3.42. The number of fused-ring (bicyclic) bond motifs is 5. The summed E-state index contributed by atoms with van der Waals surface area (Å²) >= 11 is 0. The Morgan fingerprint density at radius 2 is 1.65 bits per heavy atom. The molecule has 0 aliphatic heterocycles. The van der Waals surface area contributed by atoms with E-state index in [0.717, 1.165) is 5.69 Å². The highest BCUT2D eigenvalue weighted by atomic mass is 14.8.